The summed E-state index contributed by atoms with van der Waals surface area (Å²) in [7, 11) is 0. The summed E-state index contributed by atoms with van der Waals surface area (Å²) in [6, 6.07) is 48.8. The van der Waals surface area contributed by atoms with E-state index in [2.05, 4.69) is 109 Å². The smallest absolute Gasteiger partial charge is 0.661 e. The van der Waals surface area contributed by atoms with Gasteiger partial charge in [-0.1, -0.05) is 183 Å². The van der Waals surface area contributed by atoms with Gasteiger partial charge in [0.2, 0.25) is 0 Å². The number of para-hydroxylation sites is 6. The quantitative estimate of drug-likeness (QED) is 0.110. The van der Waals surface area contributed by atoms with Crippen LogP contribution >= 0.6 is 0 Å². The maximum Gasteiger partial charge on any atom is 3.00 e. The van der Waals surface area contributed by atoms with Crippen LogP contribution in [0.1, 0.15) is 74.9 Å². The van der Waals surface area contributed by atoms with Crippen molar-refractivity contribution in [2.24, 2.45) is 15.0 Å². The van der Waals surface area contributed by atoms with E-state index in [1.165, 1.54) is 33.4 Å². The molecule has 6 aromatic rings. The van der Waals surface area contributed by atoms with E-state index >= 15 is 0 Å². The minimum atomic E-state index is 0. The molecule has 0 aliphatic heterocycles. The Labute approximate surface area is 425 Å². The van der Waals surface area contributed by atoms with Gasteiger partial charge in [0.05, 0.1) is 17.1 Å². The molecule has 0 N–H and O–H groups in total. The maximum atomic E-state index is 4.64. The zero-order valence-electron chi connectivity index (χ0n) is 39.6. The number of aliphatic imine (C=N–C) groups is 3. The Balaban J connectivity index is 0.000000253. The average Bonchev–Trinajstić information content (AvgIpc) is 3.23. The van der Waals surface area contributed by atoms with E-state index in [-0.39, 0.29) is 49.4 Å². The Bertz CT molecular complexity index is 2340. The van der Waals surface area contributed by atoms with E-state index in [1.807, 2.05) is 169 Å². The second kappa shape index (κ2) is 27.7. The fourth-order valence-electron chi connectivity index (χ4n) is 6.37. The molecule has 6 aromatic carbocycles. The first-order chi connectivity index (χ1) is 30.2. The van der Waals surface area contributed by atoms with Crippen LogP contribution in [0.2, 0.25) is 0 Å². The predicted octanol–water partition coefficient (Wildman–Crippen LogP) is 18.0. The molecular formula is C57H63EuN6. The first kappa shape index (κ1) is 52.9. The van der Waals surface area contributed by atoms with Crippen molar-refractivity contribution >= 4 is 51.3 Å². The van der Waals surface area contributed by atoms with E-state index in [1.54, 1.807) is 0 Å². The predicted molar refractivity (Wildman–Crippen MR) is 276 cm³/mol. The summed E-state index contributed by atoms with van der Waals surface area (Å²) in [6.07, 6.45) is 6.04. The van der Waals surface area contributed by atoms with Gasteiger partial charge in [0, 0.05) is 17.1 Å². The van der Waals surface area contributed by atoms with Crippen LogP contribution in [-0.4, -0.2) is 17.1 Å². The molecule has 0 radical (unpaired) electrons. The van der Waals surface area contributed by atoms with Crippen molar-refractivity contribution in [1.29, 1.82) is 0 Å². The normalized spacial score (nSPS) is 12.2. The molecule has 0 amide bonds. The Morgan fingerprint density at radius 3 is 0.734 bits per heavy atom. The van der Waals surface area contributed by atoms with Gasteiger partial charge in [0.25, 0.3) is 0 Å². The van der Waals surface area contributed by atoms with Crippen molar-refractivity contribution < 1.29 is 49.4 Å². The van der Waals surface area contributed by atoms with Crippen LogP contribution in [0, 0.1) is 90.9 Å². The molecule has 328 valence electrons. The van der Waals surface area contributed by atoms with Gasteiger partial charge in [0.1, 0.15) is 0 Å². The van der Waals surface area contributed by atoms with Gasteiger partial charge in [-0.3, -0.25) is 15.0 Å². The van der Waals surface area contributed by atoms with Crippen molar-refractivity contribution in [3.63, 3.8) is 0 Å². The number of hydrogen-bond donors (Lipinski definition) is 0. The second-order valence-corrected chi connectivity index (χ2v) is 15.7. The first-order valence-electron chi connectivity index (χ1n) is 21.4. The molecule has 0 aromatic heterocycles. The zero-order chi connectivity index (χ0) is 45.7. The van der Waals surface area contributed by atoms with Crippen LogP contribution in [0.3, 0.4) is 0 Å². The summed E-state index contributed by atoms with van der Waals surface area (Å²) >= 11 is 0. The van der Waals surface area contributed by atoms with Crippen molar-refractivity contribution in [1.82, 2.24) is 0 Å². The molecule has 0 saturated heterocycles. The molecule has 6 rings (SSSR count). The van der Waals surface area contributed by atoms with Gasteiger partial charge in [-0.25, -0.2) is 0 Å². The van der Waals surface area contributed by atoms with Crippen molar-refractivity contribution in [2.45, 2.75) is 83.1 Å². The van der Waals surface area contributed by atoms with Crippen LogP contribution in [0.15, 0.2) is 196 Å². The van der Waals surface area contributed by atoms with Crippen LogP contribution in [-0.2, 0) is 0 Å². The Morgan fingerprint density at radius 1 is 0.312 bits per heavy atom. The second-order valence-electron chi connectivity index (χ2n) is 15.7. The van der Waals surface area contributed by atoms with Gasteiger partial charge in [-0.05, 0) is 97.2 Å². The largest absolute Gasteiger partial charge is 3.00 e. The Hall–Kier alpha value is -5.47. The van der Waals surface area contributed by atoms with E-state index in [0.29, 0.717) is 0 Å². The third-order valence-electron chi connectivity index (χ3n) is 9.73. The minimum absolute atomic E-state index is 0. The number of nitrogens with zero attached hydrogens (tertiary/aromatic N) is 6. The fraction of sp³-hybridized carbons (Fsp3) is 0.211. The van der Waals surface area contributed by atoms with Crippen LogP contribution in [0.5, 0.6) is 0 Å². The van der Waals surface area contributed by atoms with Crippen molar-refractivity contribution in [3.05, 3.63) is 230 Å². The van der Waals surface area contributed by atoms with Gasteiger partial charge in [-0.2, -0.15) is 17.1 Å². The molecule has 0 heterocycles. The summed E-state index contributed by atoms with van der Waals surface area (Å²) in [5.41, 5.74) is 18.9. The fourth-order valence-corrected chi connectivity index (χ4v) is 6.37. The monoisotopic (exact) mass is 984 g/mol. The van der Waals surface area contributed by atoms with Crippen molar-refractivity contribution in [3.8, 4) is 0 Å². The van der Waals surface area contributed by atoms with Crippen LogP contribution in [0.25, 0.3) is 16.0 Å². The standard InChI is InChI=1S/3C19H21N2.Eu/c3*1-14-9-5-7-11-18(14)20-16(3)13-17(4)21-19-12-8-6-10-15(19)2;/h3*5-13H,1-4H3;/q3*-1;+3/b3*16-13-,21-17?;. The number of allylic oxidation sites excluding steroid dienone is 6. The first-order valence-corrected chi connectivity index (χ1v) is 21.4. The van der Waals surface area contributed by atoms with Gasteiger partial charge < -0.3 is 16.0 Å². The molecule has 0 bridgehead atoms. The topological polar surface area (TPSA) is 79.4 Å². The Morgan fingerprint density at radius 2 is 0.516 bits per heavy atom. The minimum Gasteiger partial charge on any atom is -0.661 e. The van der Waals surface area contributed by atoms with E-state index in [9.17, 15) is 0 Å². The molecule has 7 heteroatoms. The van der Waals surface area contributed by atoms with E-state index in [0.717, 1.165) is 68.4 Å². The number of aryl methyl sites for hydroxylation is 6. The van der Waals surface area contributed by atoms with Gasteiger partial charge in [0.15, 0.2) is 0 Å². The maximum absolute atomic E-state index is 4.64. The summed E-state index contributed by atoms with van der Waals surface area (Å²) in [5.74, 6) is 0. The molecule has 0 saturated carbocycles. The van der Waals surface area contributed by atoms with E-state index < -0.39 is 0 Å². The third-order valence-corrected chi connectivity index (χ3v) is 9.73. The van der Waals surface area contributed by atoms with Crippen LogP contribution in [0.4, 0.5) is 34.1 Å². The number of benzene rings is 6. The third kappa shape index (κ3) is 18.7. The SMILES string of the molecule is CC(/C=C(/C)[N-]c1ccccc1C)=Nc1ccccc1C.CC(/C=C(/C)[N-]c1ccccc1C)=Nc1ccccc1C.CC(/C=C(/C)[N-]c1ccccc1C)=Nc1ccccc1C.[Eu+3]. The van der Waals surface area contributed by atoms with Gasteiger partial charge in [-0.15, -0.1) is 17.1 Å². The Kier molecular flexibility index (Phi) is 22.9. The molecule has 0 aliphatic carbocycles. The summed E-state index contributed by atoms with van der Waals surface area (Å²) in [5, 5.41) is 13.9. The number of hydrogen-bond acceptors (Lipinski definition) is 3. The summed E-state index contributed by atoms with van der Waals surface area (Å²) in [6.45, 7) is 24.4. The summed E-state index contributed by atoms with van der Waals surface area (Å²) < 4.78 is 0. The van der Waals surface area contributed by atoms with Crippen molar-refractivity contribution in [2.75, 3.05) is 0 Å². The molecule has 0 aliphatic rings. The molecule has 64 heavy (non-hydrogen) atoms. The van der Waals surface area contributed by atoms with Gasteiger partial charge >= 0.3 is 49.4 Å². The molecule has 0 spiro atoms. The molecular weight excluding hydrogens is 921 g/mol. The van der Waals surface area contributed by atoms with Crippen LogP contribution < -0.4 is 0 Å². The van der Waals surface area contributed by atoms with E-state index in [4.69, 9.17) is 0 Å². The summed E-state index contributed by atoms with van der Waals surface area (Å²) in [4.78, 5) is 13.9. The zero-order valence-corrected chi connectivity index (χ0v) is 42.1. The molecule has 0 fully saturated rings. The molecule has 0 atom stereocenters. The molecule has 0 unspecified atom stereocenters. The molecule has 6 nitrogen and oxygen atoms in total. The number of rotatable bonds is 12. The average molecular weight is 984 g/mol.